The van der Waals surface area contributed by atoms with E-state index < -0.39 is 10.0 Å². The fourth-order valence-corrected chi connectivity index (χ4v) is 3.14. The molecule has 0 bridgehead atoms. The van der Waals surface area contributed by atoms with Crippen LogP contribution in [0.4, 0.5) is 11.4 Å². The van der Waals surface area contributed by atoms with Crippen molar-refractivity contribution in [3.8, 4) is 0 Å². The summed E-state index contributed by atoms with van der Waals surface area (Å²) in [5.74, 6) is -0.174. The van der Waals surface area contributed by atoms with Gasteiger partial charge in [0.1, 0.15) is 0 Å². The van der Waals surface area contributed by atoms with Crippen molar-refractivity contribution < 1.29 is 13.2 Å². The Labute approximate surface area is 105 Å². The number of nitrogens with one attached hydrogen (secondary N) is 3. The second-order valence-electron chi connectivity index (χ2n) is 4.50. The first-order valence-electron chi connectivity index (χ1n) is 5.75. The normalized spacial score (nSPS) is 18.8. The van der Waals surface area contributed by atoms with Crippen LogP contribution < -0.4 is 15.4 Å². The number of amides is 1. The molecule has 1 aromatic rings. The van der Waals surface area contributed by atoms with Crippen molar-refractivity contribution in [1.82, 2.24) is 4.72 Å². The number of carbonyl (C=O) groups is 1. The summed E-state index contributed by atoms with van der Waals surface area (Å²) < 4.78 is 26.6. The van der Waals surface area contributed by atoms with Gasteiger partial charge in [0.15, 0.2) is 0 Å². The summed E-state index contributed by atoms with van der Waals surface area (Å²) in [7, 11) is -3.48. The zero-order valence-corrected chi connectivity index (χ0v) is 10.4. The van der Waals surface area contributed by atoms with Crippen LogP contribution in [0.25, 0.3) is 0 Å². The van der Waals surface area contributed by atoms with E-state index in [0.717, 1.165) is 18.5 Å². The molecule has 96 valence electrons. The van der Waals surface area contributed by atoms with Crippen molar-refractivity contribution in [2.24, 2.45) is 0 Å². The largest absolute Gasteiger partial charge is 0.374 e. The lowest BCUT2D eigenvalue weighted by molar-refractivity contribution is -0.114. The summed E-state index contributed by atoms with van der Waals surface area (Å²) in [4.78, 5) is 11.4. The maximum absolute atomic E-state index is 12.0. The van der Waals surface area contributed by atoms with Gasteiger partial charge in [-0.1, -0.05) is 0 Å². The zero-order valence-electron chi connectivity index (χ0n) is 9.56. The minimum Gasteiger partial charge on any atom is -0.374 e. The lowest BCUT2D eigenvalue weighted by Crippen LogP contribution is -2.29. The number of hydrogen-bond acceptors (Lipinski definition) is 4. The van der Waals surface area contributed by atoms with Crippen molar-refractivity contribution >= 4 is 27.3 Å². The van der Waals surface area contributed by atoms with Crippen LogP contribution in [0.3, 0.4) is 0 Å². The average molecular weight is 267 g/mol. The highest BCUT2D eigenvalue weighted by atomic mass is 32.2. The van der Waals surface area contributed by atoms with E-state index in [0.29, 0.717) is 5.69 Å². The molecule has 1 heterocycles. The maximum atomic E-state index is 12.0. The van der Waals surface area contributed by atoms with Gasteiger partial charge in [0.2, 0.25) is 15.9 Å². The predicted molar refractivity (Wildman–Crippen MR) is 66.9 cm³/mol. The molecule has 0 saturated heterocycles. The maximum Gasteiger partial charge on any atom is 0.243 e. The van der Waals surface area contributed by atoms with Crippen LogP contribution in [0.5, 0.6) is 0 Å². The summed E-state index contributed by atoms with van der Waals surface area (Å²) in [5.41, 5.74) is 1.24. The Balaban J connectivity index is 1.93. The molecule has 1 aliphatic heterocycles. The van der Waals surface area contributed by atoms with Gasteiger partial charge in [-0.05, 0) is 31.0 Å². The van der Waals surface area contributed by atoms with E-state index in [1.807, 2.05) is 0 Å². The van der Waals surface area contributed by atoms with Gasteiger partial charge < -0.3 is 10.6 Å². The number of anilines is 2. The molecule has 3 N–H and O–H groups in total. The van der Waals surface area contributed by atoms with Gasteiger partial charge in [-0.25, -0.2) is 13.1 Å². The van der Waals surface area contributed by atoms with Crippen LogP contribution in [0.1, 0.15) is 12.8 Å². The summed E-state index contributed by atoms with van der Waals surface area (Å²) in [6.45, 7) is 0.208. The van der Waals surface area contributed by atoms with E-state index in [2.05, 4.69) is 15.4 Å². The Kier molecular flexibility index (Phi) is 2.53. The molecule has 1 amide bonds. The number of rotatable bonds is 3. The lowest BCUT2D eigenvalue weighted by Gasteiger charge is -2.19. The molecule has 18 heavy (non-hydrogen) atoms. The van der Waals surface area contributed by atoms with E-state index in [9.17, 15) is 13.2 Å². The van der Waals surface area contributed by atoms with Crippen molar-refractivity contribution in [3.63, 3.8) is 0 Å². The molecule has 3 rings (SSSR count). The number of benzene rings is 1. The monoisotopic (exact) mass is 267 g/mol. The Bertz CT molecular complexity index is 608. The summed E-state index contributed by atoms with van der Waals surface area (Å²) in [6, 6.07) is 4.74. The molecule has 7 heteroatoms. The van der Waals surface area contributed by atoms with E-state index in [4.69, 9.17) is 0 Å². The van der Waals surface area contributed by atoms with Crippen LogP contribution in [0, 0.1) is 0 Å². The Hall–Kier alpha value is -1.60. The Morgan fingerprint density at radius 3 is 2.72 bits per heavy atom. The molecule has 0 spiro atoms. The molecule has 0 unspecified atom stereocenters. The smallest absolute Gasteiger partial charge is 0.243 e. The quantitative estimate of drug-likeness (QED) is 0.744. The molecule has 1 fully saturated rings. The molecular weight excluding hydrogens is 254 g/mol. The summed E-state index contributed by atoms with van der Waals surface area (Å²) in [6.07, 6.45) is 1.78. The molecule has 0 radical (unpaired) electrons. The molecule has 6 nitrogen and oxygen atoms in total. The van der Waals surface area contributed by atoms with Crippen LogP contribution >= 0.6 is 0 Å². The van der Waals surface area contributed by atoms with Gasteiger partial charge in [-0.2, -0.15) is 0 Å². The van der Waals surface area contributed by atoms with Crippen LogP contribution in [-0.4, -0.2) is 26.9 Å². The standard InChI is InChI=1S/C11H13N3O3S/c15-11-6-12-9-4-3-8(5-10(9)13-11)18(16,17)14-7-1-2-7/h3-5,7,12,14H,1-2,6H2,(H,13,15). The second kappa shape index (κ2) is 3.96. The zero-order chi connectivity index (χ0) is 12.8. The van der Waals surface area contributed by atoms with Gasteiger partial charge in [0, 0.05) is 6.04 Å². The summed E-state index contributed by atoms with van der Waals surface area (Å²) in [5, 5.41) is 5.56. The minimum atomic E-state index is -3.48. The number of sulfonamides is 1. The third-order valence-corrected chi connectivity index (χ3v) is 4.43. The Morgan fingerprint density at radius 1 is 1.22 bits per heavy atom. The molecule has 1 aliphatic carbocycles. The summed E-state index contributed by atoms with van der Waals surface area (Å²) >= 11 is 0. The SMILES string of the molecule is O=C1CNc2ccc(S(=O)(=O)NC3CC3)cc2N1. The minimum absolute atomic E-state index is 0.0683. The van der Waals surface area contributed by atoms with Crippen molar-refractivity contribution in [2.45, 2.75) is 23.8 Å². The molecule has 2 aliphatic rings. The number of carbonyl (C=O) groups excluding carboxylic acids is 1. The van der Waals surface area contributed by atoms with Gasteiger partial charge in [-0.3, -0.25) is 4.79 Å². The van der Waals surface area contributed by atoms with E-state index >= 15 is 0 Å². The fraction of sp³-hybridized carbons (Fsp3) is 0.364. The van der Waals surface area contributed by atoms with Crippen molar-refractivity contribution in [3.05, 3.63) is 18.2 Å². The van der Waals surface area contributed by atoms with Crippen molar-refractivity contribution in [2.75, 3.05) is 17.2 Å². The third-order valence-electron chi connectivity index (χ3n) is 2.91. The third kappa shape index (κ3) is 2.19. The van der Waals surface area contributed by atoms with Gasteiger partial charge in [0.25, 0.3) is 0 Å². The number of fused-ring (bicyclic) bond motifs is 1. The van der Waals surface area contributed by atoms with E-state index in [-0.39, 0.29) is 23.4 Å². The highest BCUT2D eigenvalue weighted by Gasteiger charge is 2.28. The molecule has 0 atom stereocenters. The highest BCUT2D eigenvalue weighted by Crippen LogP contribution is 2.29. The first kappa shape index (κ1) is 11.5. The second-order valence-corrected chi connectivity index (χ2v) is 6.22. The van der Waals surface area contributed by atoms with Gasteiger partial charge in [0.05, 0.1) is 22.8 Å². The molecule has 0 aromatic heterocycles. The first-order valence-corrected chi connectivity index (χ1v) is 7.23. The molecule has 1 aromatic carbocycles. The fourth-order valence-electron chi connectivity index (χ4n) is 1.81. The molecule has 1 saturated carbocycles. The average Bonchev–Trinajstić information content (AvgIpc) is 3.11. The van der Waals surface area contributed by atoms with Crippen molar-refractivity contribution in [1.29, 1.82) is 0 Å². The molecular formula is C11H13N3O3S. The Morgan fingerprint density at radius 2 is 2.00 bits per heavy atom. The lowest BCUT2D eigenvalue weighted by atomic mass is 10.2. The highest BCUT2D eigenvalue weighted by molar-refractivity contribution is 7.89. The van der Waals surface area contributed by atoms with E-state index in [1.165, 1.54) is 12.1 Å². The first-order chi connectivity index (χ1) is 8.54. The van der Waals surface area contributed by atoms with Gasteiger partial charge >= 0.3 is 0 Å². The van der Waals surface area contributed by atoms with Gasteiger partial charge in [-0.15, -0.1) is 0 Å². The number of hydrogen-bond donors (Lipinski definition) is 3. The van der Waals surface area contributed by atoms with Crippen LogP contribution in [0.15, 0.2) is 23.1 Å². The topological polar surface area (TPSA) is 87.3 Å². The van der Waals surface area contributed by atoms with Crippen LogP contribution in [-0.2, 0) is 14.8 Å². The predicted octanol–water partition coefficient (Wildman–Crippen LogP) is 0.491. The van der Waals surface area contributed by atoms with E-state index in [1.54, 1.807) is 6.07 Å². The van der Waals surface area contributed by atoms with Crippen LogP contribution in [0.2, 0.25) is 0 Å².